The Morgan fingerprint density at radius 1 is 1.33 bits per heavy atom. The number of anilines is 2. The van der Waals surface area contributed by atoms with Crippen LogP contribution in [0, 0.1) is 6.92 Å². The monoisotopic (exact) mass is 244 g/mol. The van der Waals surface area contributed by atoms with E-state index in [9.17, 15) is 0 Å². The van der Waals surface area contributed by atoms with Crippen LogP contribution in [-0.4, -0.2) is 23.1 Å². The van der Waals surface area contributed by atoms with Gasteiger partial charge in [-0.3, -0.25) is 0 Å². The van der Waals surface area contributed by atoms with E-state index in [1.165, 1.54) is 0 Å². The zero-order valence-corrected chi connectivity index (χ0v) is 10.3. The second-order valence-corrected chi connectivity index (χ2v) is 3.84. The van der Waals surface area contributed by atoms with Gasteiger partial charge < -0.3 is 15.8 Å². The maximum Gasteiger partial charge on any atom is 0.129 e. The number of rotatable bonds is 5. The Morgan fingerprint density at radius 3 is 3.00 bits per heavy atom. The van der Waals surface area contributed by atoms with E-state index in [1.54, 1.807) is 12.3 Å². The lowest BCUT2D eigenvalue weighted by Crippen LogP contribution is -2.12. The van der Waals surface area contributed by atoms with E-state index in [2.05, 4.69) is 15.3 Å². The van der Waals surface area contributed by atoms with Gasteiger partial charge in [0.2, 0.25) is 0 Å². The third kappa shape index (κ3) is 3.62. The smallest absolute Gasteiger partial charge is 0.129 e. The standard InChI is InChI=1S/C13H16N4O/c1-10-15-6-5-13(17-10)16-7-8-18-12-4-2-3-11(14)9-12/h2-6,9H,7-8,14H2,1H3,(H,15,16,17). The minimum absolute atomic E-state index is 0.548. The van der Waals surface area contributed by atoms with Gasteiger partial charge in [-0.2, -0.15) is 0 Å². The van der Waals surface area contributed by atoms with E-state index >= 15 is 0 Å². The second-order valence-electron chi connectivity index (χ2n) is 3.84. The van der Waals surface area contributed by atoms with Crippen molar-refractivity contribution in [3.05, 3.63) is 42.4 Å². The zero-order chi connectivity index (χ0) is 12.8. The summed E-state index contributed by atoms with van der Waals surface area (Å²) in [5.41, 5.74) is 6.36. The topological polar surface area (TPSA) is 73.1 Å². The summed E-state index contributed by atoms with van der Waals surface area (Å²) in [4.78, 5) is 8.26. The molecule has 0 amide bonds. The van der Waals surface area contributed by atoms with Gasteiger partial charge in [0.15, 0.2) is 0 Å². The number of hydrogen-bond acceptors (Lipinski definition) is 5. The van der Waals surface area contributed by atoms with E-state index in [4.69, 9.17) is 10.5 Å². The Balaban J connectivity index is 1.76. The largest absolute Gasteiger partial charge is 0.492 e. The highest BCUT2D eigenvalue weighted by Crippen LogP contribution is 2.14. The van der Waals surface area contributed by atoms with Crippen LogP contribution in [0.2, 0.25) is 0 Å². The average molecular weight is 244 g/mol. The molecule has 0 radical (unpaired) electrons. The number of aromatic nitrogens is 2. The molecule has 1 aromatic heterocycles. The lowest BCUT2D eigenvalue weighted by molar-refractivity contribution is 0.333. The fraction of sp³-hybridized carbons (Fsp3) is 0.231. The van der Waals surface area contributed by atoms with E-state index < -0.39 is 0 Å². The number of benzene rings is 1. The van der Waals surface area contributed by atoms with E-state index in [1.807, 2.05) is 31.2 Å². The van der Waals surface area contributed by atoms with Crippen molar-refractivity contribution in [3.63, 3.8) is 0 Å². The molecule has 0 aliphatic carbocycles. The van der Waals surface area contributed by atoms with E-state index in [-0.39, 0.29) is 0 Å². The average Bonchev–Trinajstić information content (AvgIpc) is 2.35. The predicted octanol–water partition coefficient (Wildman–Crippen LogP) is 1.86. The first-order chi connectivity index (χ1) is 8.74. The summed E-state index contributed by atoms with van der Waals surface area (Å²) in [5, 5.41) is 3.16. The molecule has 0 saturated carbocycles. The Hall–Kier alpha value is -2.30. The number of nitrogen functional groups attached to an aromatic ring is 1. The minimum Gasteiger partial charge on any atom is -0.492 e. The Labute approximate surface area is 106 Å². The molecule has 2 rings (SSSR count). The molecule has 0 fully saturated rings. The summed E-state index contributed by atoms with van der Waals surface area (Å²) in [6, 6.07) is 9.20. The molecule has 5 nitrogen and oxygen atoms in total. The van der Waals surface area contributed by atoms with Crippen LogP contribution in [0.5, 0.6) is 5.75 Å². The van der Waals surface area contributed by atoms with Crippen LogP contribution in [0.15, 0.2) is 36.5 Å². The van der Waals surface area contributed by atoms with Crippen molar-refractivity contribution in [2.24, 2.45) is 0 Å². The maximum absolute atomic E-state index is 5.66. The van der Waals surface area contributed by atoms with Crippen molar-refractivity contribution in [2.75, 3.05) is 24.2 Å². The molecular formula is C13H16N4O. The molecular weight excluding hydrogens is 228 g/mol. The summed E-state index contributed by atoms with van der Waals surface area (Å²) in [6.45, 7) is 3.08. The normalized spacial score (nSPS) is 10.1. The molecule has 0 bridgehead atoms. The predicted molar refractivity (Wildman–Crippen MR) is 71.6 cm³/mol. The molecule has 94 valence electrons. The summed E-state index contributed by atoms with van der Waals surface area (Å²) in [7, 11) is 0. The molecule has 0 unspecified atom stereocenters. The van der Waals surface area contributed by atoms with Crippen LogP contribution >= 0.6 is 0 Å². The SMILES string of the molecule is Cc1nccc(NCCOc2cccc(N)c2)n1. The van der Waals surface area contributed by atoms with Gasteiger partial charge in [0, 0.05) is 18.0 Å². The van der Waals surface area contributed by atoms with E-state index in [0.717, 1.165) is 17.4 Å². The Kier molecular flexibility index (Phi) is 3.96. The first kappa shape index (κ1) is 12.2. The van der Waals surface area contributed by atoms with Gasteiger partial charge in [-0.05, 0) is 25.1 Å². The van der Waals surface area contributed by atoms with Crippen LogP contribution in [0.3, 0.4) is 0 Å². The van der Waals surface area contributed by atoms with Gasteiger partial charge in [-0.25, -0.2) is 9.97 Å². The number of nitrogens with zero attached hydrogens (tertiary/aromatic N) is 2. The van der Waals surface area contributed by atoms with Gasteiger partial charge in [-0.15, -0.1) is 0 Å². The minimum atomic E-state index is 0.548. The molecule has 0 spiro atoms. The molecule has 2 aromatic rings. The third-order valence-corrected chi connectivity index (χ3v) is 2.31. The quantitative estimate of drug-likeness (QED) is 0.620. The van der Waals surface area contributed by atoms with Gasteiger partial charge in [-0.1, -0.05) is 6.07 Å². The molecule has 0 atom stereocenters. The first-order valence-corrected chi connectivity index (χ1v) is 5.76. The van der Waals surface area contributed by atoms with Crippen LogP contribution in [-0.2, 0) is 0 Å². The molecule has 1 aromatic carbocycles. The maximum atomic E-state index is 5.66. The Bertz CT molecular complexity index is 468. The summed E-state index contributed by atoms with van der Waals surface area (Å²) in [5.74, 6) is 2.33. The summed E-state index contributed by atoms with van der Waals surface area (Å²) >= 11 is 0. The van der Waals surface area contributed by atoms with Crippen LogP contribution in [0.4, 0.5) is 11.5 Å². The lowest BCUT2D eigenvalue weighted by Gasteiger charge is -2.08. The molecule has 18 heavy (non-hydrogen) atoms. The highest BCUT2D eigenvalue weighted by atomic mass is 16.5. The van der Waals surface area contributed by atoms with Crippen molar-refractivity contribution < 1.29 is 4.74 Å². The molecule has 0 aliphatic rings. The Morgan fingerprint density at radius 2 is 2.22 bits per heavy atom. The third-order valence-electron chi connectivity index (χ3n) is 2.31. The fourth-order valence-corrected chi connectivity index (χ4v) is 1.51. The number of nitrogens with two attached hydrogens (primary N) is 1. The van der Waals surface area contributed by atoms with Gasteiger partial charge in [0.25, 0.3) is 0 Å². The van der Waals surface area contributed by atoms with Crippen molar-refractivity contribution in [1.29, 1.82) is 0 Å². The molecule has 5 heteroatoms. The summed E-state index contributed by atoms with van der Waals surface area (Å²) in [6.07, 6.45) is 1.73. The first-order valence-electron chi connectivity index (χ1n) is 5.76. The number of aryl methyl sites for hydroxylation is 1. The van der Waals surface area contributed by atoms with Crippen LogP contribution < -0.4 is 15.8 Å². The fourth-order valence-electron chi connectivity index (χ4n) is 1.51. The van der Waals surface area contributed by atoms with Crippen molar-refractivity contribution >= 4 is 11.5 Å². The number of hydrogen-bond donors (Lipinski definition) is 2. The van der Waals surface area contributed by atoms with Gasteiger partial charge >= 0.3 is 0 Å². The van der Waals surface area contributed by atoms with Crippen LogP contribution in [0.1, 0.15) is 5.82 Å². The zero-order valence-electron chi connectivity index (χ0n) is 10.3. The summed E-state index contributed by atoms with van der Waals surface area (Å²) < 4.78 is 5.55. The second kappa shape index (κ2) is 5.86. The van der Waals surface area contributed by atoms with Gasteiger partial charge in [0.1, 0.15) is 24.0 Å². The van der Waals surface area contributed by atoms with Crippen molar-refractivity contribution in [3.8, 4) is 5.75 Å². The highest BCUT2D eigenvalue weighted by molar-refractivity contribution is 5.43. The lowest BCUT2D eigenvalue weighted by atomic mass is 10.3. The number of nitrogens with one attached hydrogen (secondary N) is 1. The van der Waals surface area contributed by atoms with E-state index in [0.29, 0.717) is 18.8 Å². The molecule has 0 saturated heterocycles. The highest BCUT2D eigenvalue weighted by Gasteiger charge is 1.96. The van der Waals surface area contributed by atoms with Crippen LogP contribution in [0.25, 0.3) is 0 Å². The van der Waals surface area contributed by atoms with Crippen molar-refractivity contribution in [2.45, 2.75) is 6.92 Å². The molecule has 0 aliphatic heterocycles. The molecule has 3 N–H and O–H groups in total. The van der Waals surface area contributed by atoms with Gasteiger partial charge in [0.05, 0.1) is 6.54 Å². The van der Waals surface area contributed by atoms with Crippen molar-refractivity contribution in [1.82, 2.24) is 9.97 Å². The molecule has 1 heterocycles. The number of ether oxygens (including phenoxy) is 1.